The number of rotatable bonds is 6. The van der Waals surface area contributed by atoms with Gasteiger partial charge in [0.05, 0.1) is 28.8 Å². The quantitative estimate of drug-likeness (QED) is 0.290. The highest BCUT2D eigenvalue weighted by molar-refractivity contribution is 7.99. The summed E-state index contributed by atoms with van der Waals surface area (Å²) in [7, 11) is 3.47. The molecule has 25 heavy (non-hydrogen) atoms. The summed E-state index contributed by atoms with van der Waals surface area (Å²) in [6.07, 6.45) is 0. The van der Waals surface area contributed by atoms with E-state index in [1.54, 1.807) is 13.2 Å². The molecule has 0 atom stereocenters. The first-order valence-corrected chi connectivity index (χ1v) is 8.39. The highest BCUT2D eigenvalue weighted by atomic mass is 32.2. The van der Waals surface area contributed by atoms with E-state index < -0.39 is 4.92 Å². The van der Waals surface area contributed by atoms with Crippen molar-refractivity contribution < 1.29 is 14.5 Å². The maximum absolute atomic E-state index is 12.3. The van der Waals surface area contributed by atoms with E-state index in [1.807, 2.05) is 29.8 Å². The van der Waals surface area contributed by atoms with Crippen molar-refractivity contribution in [2.45, 2.75) is 5.16 Å². The number of ketones is 1. The number of nitro benzene ring substituents is 1. The number of nitro groups is 1. The van der Waals surface area contributed by atoms with Crippen LogP contribution in [0.5, 0.6) is 5.75 Å². The number of carbonyl (C=O) groups excluding carboxylic acids is 1. The van der Waals surface area contributed by atoms with Gasteiger partial charge in [-0.05, 0) is 12.1 Å². The predicted molar refractivity (Wildman–Crippen MR) is 95.4 cm³/mol. The fraction of sp³-hybridized carbons (Fsp3) is 0.176. The second kappa shape index (κ2) is 6.94. The van der Waals surface area contributed by atoms with E-state index in [-0.39, 0.29) is 17.2 Å². The molecule has 0 aliphatic heterocycles. The fourth-order valence-corrected chi connectivity index (χ4v) is 3.30. The molecule has 0 aliphatic carbocycles. The summed E-state index contributed by atoms with van der Waals surface area (Å²) in [4.78, 5) is 27.1. The maximum Gasteiger partial charge on any atom is 0.270 e. The van der Waals surface area contributed by atoms with Gasteiger partial charge in [0.1, 0.15) is 5.75 Å². The number of non-ortho nitro benzene ring substituents is 1. The number of hydrogen-bond acceptors (Lipinski definition) is 6. The fourth-order valence-electron chi connectivity index (χ4n) is 2.42. The average molecular weight is 357 g/mol. The Labute approximate surface area is 147 Å². The van der Waals surface area contributed by atoms with Crippen LogP contribution < -0.4 is 4.74 Å². The SMILES string of the molecule is COc1ccc2c(c1)nc(SCC(=O)c1cccc([N+](=O)[O-])c1)n2C. The Morgan fingerprint density at radius 2 is 2.12 bits per heavy atom. The third-order valence-corrected chi connectivity index (χ3v) is 4.79. The Bertz CT molecular complexity index is 968. The van der Waals surface area contributed by atoms with E-state index >= 15 is 0 Å². The van der Waals surface area contributed by atoms with Crippen LogP contribution in [0.3, 0.4) is 0 Å². The number of thioether (sulfide) groups is 1. The molecule has 0 saturated heterocycles. The van der Waals surface area contributed by atoms with Gasteiger partial charge in [-0.15, -0.1) is 0 Å². The first-order valence-electron chi connectivity index (χ1n) is 7.40. The molecule has 0 saturated carbocycles. The Hall–Kier alpha value is -2.87. The molecule has 128 valence electrons. The Morgan fingerprint density at radius 1 is 1.32 bits per heavy atom. The van der Waals surface area contributed by atoms with Gasteiger partial charge in [-0.1, -0.05) is 23.9 Å². The summed E-state index contributed by atoms with van der Waals surface area (Å²) in [5.74, 6) is 0.684. The third-order valence-electron chi connectivity index (χ3n) is 3.76. The van der Waals surface area contributed by atoms with Gasteiger partial charge < -0.3 is 9.30 Å². The number of nitrogens with zero attached hydrogens (tertiary/aromatic N) is 3. The highest BCUT2D eigenvalue weighted by Gasteiger charge is 2.14. The summed E-state index contributed by atoms with van der Waals surface area (Å²) >= 11 is 1.30. The van der Waals surface area contributed by atoms with E-state index in [0.717, 1.165) is 16.8 Å². The molecular weight excluding hydrogens is 342 g/mol. The topological polar surface area (TPSA) is 87.3 Å². The number of fused-ring (bicyclic) bond motifs is 1. The van der Waals surface area contributed by atoms with Crippen LogP contribution in [0.15, 0.2) is 47.6 Å². The average Bonchev–Trinajstić information content (AvgIpc) is 2.94. The van der Waals surface area contributed by atoms with Gasteiger partial charge in [-0.2, -0.15) is 0 Å². The van der Waals surface area contributed by atoms with Gasteiger partial charge in [0.15, 0.2) is 10.9 Å². The van der Waals surface area contributed by atoms with Crippen LogP contribution in [0.25, 0.3) is 11.0 Å². The van der Waals surface area contributed by atoms with E-state index in [2.05, 4.69) is 4.98 Å². The minimum Gasteiger partial charge on any atom is -0.497 e. The van der Waals surface area contributed by atoms with Gasteiger partial charge in [0.25, 0.3) is 5.69 Å². The highest BCUT2D eigenvalue weighted by Crippen LogP contribution is 2.26. The van der Waals surface area contributed by atoms with Crippen LogP contribution in [-0.4, -0.2) is 33.1 Å². The molecule has 0 unspecified atom stereocenters. The number of methoxy groups -OCH3 is 1. The molecule has 0 amide bonds. The van der Waals surface area contributed by atoms with Crippen molar-refractivity contribution in [3.05, 3.63) is 58.1 Å². The number of benzene rings is 2. The molecule has 0 N–H and O–H groups in total. The van der Waals surface area contributed by atoms with Crippen LogP contribution in [0.4, 0.5) is 5.69 Å². The first-order chi connectivity index (χ1) is 12.0. The van der Waals surface area contributed by atoms with Crippen molar-refractivity contribution in [1.82, 2.24) is 9.55 Å². The van der Waals surface area contributed by atoms with Gasteiger partial charge >= 0.3 is 0 Å². The molecule has 7 nitrogen and oxygen atoms in total. The minimum absolute atomic E-state index is 0.0920. The summed E-state index contributed by atoms with van der Waals surface area (Å²) in [6, 6.07) is 11.3. The lowest BCUT2D eigenvalue weighted by molar-refractivity contribution is -0.384. The number of ether oxygens (including phenoxy) is 1. The van der Waals surface area contributed by atoms with Gasteiger partial charge in [0.2, 0.25) is 0 Å². The van der Waals surface area contributed by atoms with E-state index in [0.29, 0.717) is 10.7 Å². The van der Waals surface area contributed by atoms with Crippen LogP contribution in [0, 0.1) is 10.1 Å². The van der Waals surface area contributed by atoms with Gasteiger partial charge in [-0.3, -0.25) is 14.9 Å². The van der Waals surface area contributed by atoms with Crippen molar-refractivity contribution in [2.75, 3.05) is 12.9 Å². The molecule has 0 fully saturated rings. The summed E-state index contributed by atoms with van der Waals surface area (Å²) < 4.78 is 7.10. The second-order valence-electron chi connectivity index (χ2n) is 5.33. The molecule has 2 aromatic carbocycles. The zero-order chi connectivity index (χ0) is 18.0. The van der Waals surface area contributed by atoms with Crippen molar-refractivity contribution in [3.63, 3.8) is 0 Å². The lowest BCUT2D eigenvalue weighted by Gasteiger charge is -2.03. The maximum atomic E-state index is 12.3. The number of hydrogen-bond donors (Lipinski definition) is 0. The van der Waals surface area contributed by atoms with Crippen molar-refractivity contribution in [3.8, 4) is 5.75 Å². The Balaban J connectivity index is 1.78. The predicted octanol–water partition coefficient (Wildman–Crippen LogP) is 3.47. The number of Topliss-reactive ketones (excluding diaryl/α,β-unsaturated/α-hetero) is 1. The number of aryl methyl sites for hydroxylation is 1. The van der Waals surface area contributed by atoms with E-state index in [4.69, 9.17) is 4.74 Å². The van der Waals surface area contributed by atoms with Gasteiger partial charge in [0, 0.05) is 30.8 Å². The van der Waals surface area contributed by atoms with Crippen LogP contribution in [0.1, 0.15) is 10.4 Å². The normalized spacial score (nSPS) is 10.8. The number of carbonyl (C=O) groups is 1. The zero-order valence-electron chi connectivity index (χ0n) is 13.6. The molecule has 8 heteroatoms. The van der Waals surface area contributed by atoms with Crippen LogP contribution >= 0.6 is 11.8 Å². The molecule has 3 rings (SSSR count). The molecular formula is C17H15N3O4S. The molecule has 0 bridgehead atoms. The molecule has 1 aromatic heterocycles. The van der Waals surface area contributed by atoms with Crippen LogP contribution in [0.2, 0.25) is 0 Å². The monoisotopic (exact) mass is 357 g/mol. The van der Waals surface area contributed by atoms with Crippen LogP contribution in [-0.2, 0) is 7.05 Å². The molecule has 3 aromatic rings. The standard InChI is InChI=1S/C17H15N3O4S/c1-19-15-7-6-13(24-2)9-14(15)18-17(19)25-10-16(21)11-4-3-5-12(8-11)20(22)23/h3-9H,10H2,1-2H3. The summed E-state index contributed by atoms with van der Waals surface area (Å²) in [5.41, 5.74) is 1.95. The smallest absolute Gasteiger partial charge is 0.270 e. The summed E-state index contributed by atoms with van der Waals surface area (Å²) in [6.45, 7) is 0. The molecule has 1 heterocycles. The molecule has 0 spiro atoms. The van der Waals surface area contributed by atoms with E-state index in [9.17, 15) is 14.9 Å². The lowest BCUT2D eigenvalue weighted by atomic mass is 10.1. The molecule has 0 aliphatic rings. The minimum atomic E-state index is -0.511. The third kappa shape index (κ3) is 3.48. The first kappa shape index (κ1) is 17.0. The largest absolute Gasteiger partial charge is 0.497 e. The second-order valence-corrected chi connectivity index (χ2v) is 6.27. The number of aromatic nitrogens is 2. The van der Waals surface area contributed by atoms with Crippen molar-refractivity contribution in [1.29, 1.82) is 0 Å². The van der Waals surface area contributed by atoms with Crippen molar-refractivity contribution >= 4 is 34.3 Å². The van der Waals surface area contributed by atoms with E-state index in [1.165, 1.54) is 30.0 Å². The molecule has 0 radical (unpaired) electrons. The van der Waals surface area contributed by atoms with Gasteiger partial charge in [-0.25, -0.2) is 4.98 Å². The Morgan fingerprint density at radius 3 is 2.84 bits per heavy atom. The number of imidazole rings is 1. The summed E-state index contributed by atoms with van der Waals surface area (Å²) in [5, 5.41) is 11.5. The van der Waals surface area contributed by atoms with Crippen molar-refractivity contribution in [2.24, 2.45) is 7.05 Å². The zero-order valence-corrected chi connectivity index (χ0v) is 14.4. The lowest BCUT2D eigenvalue weighted by Crippen LogP contribution is -2.04. The Kier molecular flexibility index (Phi) is 4.71.